The number of halogens is 1. The van der Waals surface area contributed by atoms with Gasteiger partial charge in [-0.15, -0.1) is 11.3 Å². The predicted molar refractivity (Wildman–Crippen MR) is 126 cm³/mol. The van der Waals surface area contributed by atoms with E-state index in [9.17, 15) is 4.79 Å². The molecule has 0 saturated heterocycles. The number of aromatic nitrogens is 2. The third kappa shape index (κ3) is 6.19. The van der Waals surface area contributed by atoms with E-state index in [0.29, 0.717) is 26.0 Å². The number of carbonyl (C=O) groups excluding carboxylic acids is 1. The maximum Gasteiger partial charge on any atom is 0.220 e. The van der Waals surface area contributed by atoms with E-state index in [-0.39, 0.29) is 11.3 Å². The van der Waals surface area contributed by atoms with Crippen LogP contribution in [0.3, 0.4) is 0 Å². The molecule has 0 bridgehead atoms. The maximum absolute atomic E-state index is 12.1. The Bertz CT molecular complexity index is 961. The van der Waals surface area contributed by atoms with Crippen LogP contribution < -0.4 is 10.1 Å². The van der Waals surface area contributed by atoms with Crippen LogP contribution >= 0.6 is 27.3 Å². The summed E-state index contributed by atoms with van der Waals surface area (Å²) in [6.07, 6.45) is 3.54. The van der Waals surface area contributed by atoms with Crippen molar-refractivity contribution >= 4 is 33.2 Å². The molecule has 0 aliphatic carbocycles. The molecular weight excluding hydrogens is 462 g/mol. The van der Waals surface area contributed by atoms with Gasteiger partial charge in [0.05, 0.1) is 22.3 Å². The summed E-state index contributed by atoms with van der Waals surface area (Å²) in [5.74, 6) is 0.849. The Morgan fingerprint density at radius 2 is 2.13 bits per heavy atom. The molecule has 0 aliphatic heterocycles. The second-order valence-corrected chi connectivity index (χ2v) is 9.96. The minimum atomic E-state index is 0.0398. The molecule has 0 saturated carbocycles. The zero-order chi connectivity index (χ0) is 21.6. The summed E-state index contributed by atoms with van der Waals surface area (Å²) < 4.78 is 6.78. The number of hydrogen-bond acceptors (Lipinski definition) is 4. The molecule has 30 heavy (non-hydrogen) atoms. The van der Waals surface area contributed by atoms with Gasteiger partial charge in [0.15, 0.2) is 0 Å². The molecule has 3 aromatic rings. The summed E-state index contributed by atoms with van der Waals surface area (Å²) in [6.45, 7) is 7.64. The average molecular weight is 490 g/mol. The molecule has 2 N–H and O–H groups in total. The summed E-state index contributed by atoms with van der Waals surface area (Å²) in [5.41, 5.74) is 3.36. The molecule has 2 aromatic heterocycles. The number of thiophene rings is 1. The van der Waals surface area contributed by atoms with E-state index in [4.69, 9.17) is 4.74 Å². The molecule has 5 nitrogen and oxygen atoms in total. The van der Waals surface area contributed by atoms with Gasteiger partial charge >= 0.3 is 0 Å². The molecule has 0 aliphatic rings. The van der Waals surface area contributed by atoms with Crippen molar-refractivity contribution in [1.29, 1.82) is 0 Å². The first-order valence-electron chi connectivity index (χ1n) is 10.1. The smallest absolute Gasteiger partial charge is 0.220 e. The number of rotatable bonds is 9. The van der Waals surface area contributed by atoms with Gasteiger partial charge in [-0.3, -0.25) is 4.79 Å². The fraction of sp³-hybridized carbons (Fsp3) is 0.391. The summed E-state index contributed by atoms with van der Waals surface area (Å²) in [5, 5.41) is 5.02. The lowest BCUT2D eigenvalue weighted by Crippen LogP contribution is -2.26. The second kappa shape index (κ2) is 10.3. The number of benzene rings is 1. The van der Waals surface area contributed by atoms with Crippen LogP contribution in [0.2, 0.25) is 0 Å². The molecule has 7 heteroatoms. The molecule has 0 fully saturated rings. The van der Waals surface area contributed by atoms with Crippen LogP contribution in [0.4, 0.5) is 0 Å². The molecule has 2 heterocycles. The van der Waals surface area contributed by atoms with Gasteiger partial charge in [-0.2, -0.15) is 0 Å². The minimum Gasteiger partial charge on any atom is -0.492 e. The van der Waals surface area contributed by atoms with Crippen molar-refractivity contribution < 1.29 is 9.53 Å². The van der Waals surface area contributed by atoms with Gasteiger partial charge in [-0.1, -0.05) is 32.9 Å². The second-order valence-electron chi connectivity index (χ2n) is 8.15. The van der Waals surface area contributed by atoms with Crippen LogP contribution in [0.25, 0.3) is 10.6 Å². The highest BCUT2D eigenvalue weighted by Crippen LogP contribution is 2.31. The van der Waals surface area contributed by atoms with Crippen molar-refractivity contribution in [2.45, 2.75) is 45.4 Å². The number of amides is 1. The zero-order valence-corrected chi connectivity index (χ0v) is 20.0. The van der Waals surface area contributed by atoms with Crippen LogP contribution in [-0.2, 0) is 16.6 Å². The van der Waals surface area contributed by atoms with Gasteiger partial charge in [0, 0.05) is 25.1 Å². The predicted octanol–water partition coefficient (Wildman–Crippen LogP) is 5.72. The maximum atomic E-state index is 12.1. The van der Waals surface area contributed by atoms with Crippen LogP contribution in [0.1, 0.15) is 44.9 Å². The average Bonchev–Trinajstić information content (AvgIpc) is 3.37. The van der Waals surface area contributed by atoms with Gasteiger partial charge < -0.3 is 15.0 Å². The topological polar surface area (TPSA) is 67.0 Å². The van der Waals surface area contributed by atoms with Crippen LogP contribution in [0, 0.1) is 0 Å². The van der Waals surface area contributed by atoms with Crippen molar-refractivity contribution in [3.63, 3.8) is 0 Å². The summed E-state index contributed by atoms with van der Waals surface area (Å²) in [6, 6.07) is 10.2. The van der Waals surface area contributed by atoms with Crippen molar-refractivity contribution in [2.75, 3.05) is 13.2 Å². The number of hydrogen-bond donors (Lipinski definition) is 2. The van der Waals surface area contributed by atoms with E-state index in [2.05, 4.69) is 70.2 Å². The highest BCUT2D eigenvalue weighted by molar-refractivity contribution is 9.10. The number of aromatic amines is 1. The Morgan fingerprint density at radius 3 is 2.83 bits per heavy atom. The monoisotopic (exact) mass is 489 g/mol. The van der Waals surface area contributed by atoms with Crippen molar-refractivity contribution in [3.8, 4) is 16.3 Å². The van der Waals surface area contributed by atoms with E-state index in [1.54, 1.807) is 17.7 Å². The van der Waals surface area contributed by atoms with Gasteiger partial charge in [0.2, 0.25) is 5.91 Å². The van der Waals surface area contributed by atoms with E-state index in [0.717, 1.165) is 32.9 Å². The number of ether oxygens (including phenoxy) is 1. The molecule has 3 rings (SSSR count). The van der Waals surface area contributed by atoms with Gasteiger partial charge in [0.1, 0.15) is 11.4 Å². The lowest BCUT2D eigenvalue weighted by atomic mass is 9.87. The molecule has 1 amide bonds. The molecule has 0 radical (unpaired) electrons. The lowest BCUT2D eigenvalue weighted by molar-refractivity contribution is -0.121. The summed E-state index contributed by atoms with van der Waals surface area (Å²) in [7, 11) is 0. The Labute approximate surface area is 190 Å². The van der Waals surface area contributed by atoms with E-state index in [1.165, 1.54) is 5.56 Å². The summed E-state index contributed by atoms with van der Waals surface area (Å²) in [4.78, 5) is 20.8. The molecule has 1 aromatic carbocycles. The Hall–Kier alpha value is -2.12. The number of carbonyl (C=O) groups is 1. The van der Waals surface area contributed by atoms with Gasteiger partial charge in [-0.05, 0) is 56.9 Å². The lowest BCUT2D eigenvalue weighted by Gasteiger charge is -2.20. The minimum absolute atomic E-state index is 0.0398. The van der Waals surface area contributed by atoms with Crippen molar-refractivity contribution in [2.24, 2.45) is 0 Å². The quantitative estimate of drug-likeness (QED) is 0.377. The standard InChI is InChI=1S/C23H28BrN3O2S/c1-23(2,3)16-8-9-19(17(24)14-16)29-12-4-7-21(28)25-11-10-18-22(27-15-26-18)20-6-5-13-30-20/h5-6,8-9,13-15H,4,7,10-12H2,1-3H3,(H,25,28)(H,26,27). The molecule has 160 valence electrons. The van der Waals surface area contributed by atoms with Crippen molar-refractivity contribution in [1.82, 2.24) is 15.3 Å². The molecule has 0 unspecified atom stereocenters. The largest absolute Gasteiger partial charge is 0.492 e. The fourth-order valence-corrected chi connectivity index (χ4v) is 4.29. The normalized spacial score (nSPS) is 11.5. The van der Waals surface area contributed by atoms with Crippen molar-refractivity contribution in [3.05, 3.63) is 57.8 Å². The molecule has 0 spiro atoms. The first-order valence-corrected chi connectivity index (χ1v) is 11.8. The Kier molecular flexibility index (Phi) is 7.72. The SMILES string of the molecule is CC(C)(C)c1ccc(OCCCC(=O)NCCc2[nH]cnc2-c2cccs2)c(Br)c1. The highest BCUT2D eigenvalue weighted by Gasteiger charge is 2.15. The Balaban J connectivity index is 1.37. The van der Waals surface area contributed by atoms with E-state index >= 15 is 0 Å². The number of nitrogens with zero attached hydrogens (tertiary/aromatic N) is 1. The molecular formula is C23H28BrN3O2S. The van der Waals surface area contributed by atoms with E-state index < -0.39 is 0 Å². The van der Waals surface area contributed by atoms with Gasteiger partial charge in [-0.25, -0.2) is 4.98 Å². The number of nitrogens with one attached hydrogen (secondary N) is 2. The molecule has 0 atom stereocenters. The first kappa shape index (κ1) is 22.6. The van der Waals surface area contributed by atoms with Crippen LogP contribution in [0.15, 0.2) is 46.5 Å². The Morgan fingerprint density at radius 1 is 1.30 bits per heavy atom. The van der Waals surface area contributed by atoms with Crippen LogP contribution in [0.5, 0.6) is 5.75 Å². The fourth-order valence-electron chi connectivity index (χ4n) is 3.05. The highest BCUT2D eigenvalue weighted by atomic mass is 79.9. The van der Waals surface area contributed by atoms with E-state index in [1.807, 2.05) is 17.5 Å². The third-order valence-electron chi connectivity index (χ3n) is 4.77. The third-order valence-corrected chi connectivity index (χ3v) is 6.27. The first-order chi connectivity index (χ1) is 14.3. The number of H-pyrrole nitrogens is 1. The van der Waals surface area contributed by atoms with Gasteiger partial charge in [0.25, 0.3) is 0 Å². The summed E-state index contributed by atoms with van der Waals surface area (Å²) >= 11 is 5.24. The van der Waals surface area contributed by atoms with Crippen LogP contribution in [-0.4, -0.2) is 29.0 Å². The number of imidazole rings is 1. The zero-order valence-electron chi connectivity index (χ0n) is 17.6.